The first-order valence-electron chi connectivity index (χ1n) is 10.9. The van der Waals surface area contributed by atoms with Crippen LogP contribution in [-0.2, 0) is 4.79 Å². The minimum atomic E-state index is -0.307. The molecular formula is C22H27FN8O. The molecule has 0 saturated carbocycles. The largest absolute Gasteiger partial charge is 0.373 e. The number of halogens is 1. The molecule has 9 nitrogen and oxygen atoms in total. The number of piperazine rings is 1. The molecule has 1 aromatic heterocycles. The normalized spacial score (nSPS) is 19.3. The molecule has 0 bridgehead atoms. The Morgan fingerprint density at radius 3 is 2.75 bits per heavy atom. The van der Waals surface area contributed by atoms with Gasteiger partial charge in [0.2, 0.25) is 0 Å². The van der Waals surface area contributed by atoms with Gasteiger partial charge in [0.15, 0.2) is 5.82 Å². The molecule has 3 aliphatic rings. The monoisotopic (exact) mass is 438 g/mol. The van der Waals surface area contributed by atoms with Crippen molar-refractivity contribution >= 4 is 28.3 Å². The van der Waals surface area contributed by atoms with Crippen molar-refractivity contribution in [3.63, 3.8) is 0 Å². The summed E-state index contributed by atoms with van der Waals surface area (Å²) in [5.41, 5.74) is 6.15. The Morgan fingerprint density at radius 1 is 1.19 bits per heavy atom. The first-order valence-corrected chi connectivity index (χ1v) is 10.9. The van der Waals surface area contributed by atoms with E-state index in [1.807, 2.05) is 30.3 Å². The maximum Gasteiger partial charge on any atom is 0.254 e. The van der Waals surface area contributed by atoms with Gasteiger partial charge in [0.1, 0.15) is 23.5 Å². The zero-order valence-corrected chi connectivity index (χ0v) is 18.3. The highest BCUT2D eigenvalue weighted by atomic mass is 19.1. The van der Waals surface area contributed by atoms with Crippen LogP contribution < -0.4 is 21.0 Å². The Morgan fingerprint density at radius 2 is 2.00 bits per heavy atom. The second-order valence-corrected chi connectivity index (χ2v) is 8.15. The van der Waals surface area contributed by atoms with E-state index in [9.17, 15) is 4.79 Å². The molecule has 5 rings (SSSR count). The van der Waals surface area contributed by atoms with Crippen LogP contribution in [0.25, 0.3) is 10.9 Å². The summed E-state index contributed by atoms with van der Waals surface area (Å²) >= 11 is 0. The van der Waals surface area contributed by atoms with Crippen molar-refractivity contribution in [2.75, 3.05) is 56.5 Å². The van der Waals surface area contributed by atoms with Crippen molar-refractivity contribution in [3.8, 4) is 0 Å². The van der Waals surface area contributed by atoms with Crippen molar-refractivity contribution in [3.05, 3.63) is 47.4 Å². The standard InChI is InChI=1S/C22H27FN8O/c1-3-14-12-31-21(28-22(14)32)15(10-27-31)11-29-6-8-30(9-7-29)17-5-4-16-19(18(17)23)25-13-26-20(16)24-2/h4-5,12-13,27H,3,6-11H2,1-2H3,(H,28,32)(H,24,25,26). The zero-order chi connectivity index (χ0) is 22.2. The lowest BCUT2D eigenvalue weighted by molar-refractivity contribution is -0.117. The molecule has 2 aromatic rings. The number of benzene rings is 1. The topological polar surface area (TPSA) is 88.7 Å². The van der Waals surface area contributed by atoms with E-state index in [1.165, 1.54) is 6.33 Å². The number of amides is 1. The van der Waals surface area contributed by atoms with Gasteiger partial charge in [0, 0.05) is 69.0 Å². The first-order chi connectivity index (χ1) is 15.6. The molecule has 168 valence electrons. The number of fused-ring (bicyclic) bond motifs is 2. The number of anilines is 2. The summed E-state index contributed by atoms with van der Waals surface area (Å²) < 4.78 is 15.2. The van der Waals surface area contributed by atoms with Crippen LogP contribution >= 0.6 is 0 Å². The highest BCUT2D eigenvalue weighted by molar-refractivity contribution is 5.95. The molecule has 1 saturated heterocycles. The van der Waals surface area contributed by atoms with Crippen molar-refractivity contribution in [1.29, 1.82) is 0 Å². The number of carbonyl (C=O) groups is 1. The Bertz CT molecular complexity index is 1120. The fraction of sp³-hybridized carbons (Fsp3) is 0.409. The lowest BCUT2D eigenvalue weighted by Gasteiger charge is -2.36. The molecule has 0 radical (unpaired) electrons. The Kier molecular flexibility index (Phi) is 5.40. The van der Waals surface area contributed by atoms with Crippen LogP contribution in [0.1, 0.15) is 13.3 Å². The minimum Gasteiger partial charge on any atom is -0.373 e. The number of rotatable bonds is 5. The Hall–Kier alpha value is -3.24. The summed E-state index contributed by atoms with van der Waals surface area (Å²) in [7, 11) is 1.76. The van der Waals surface area contributed by atoms with Gasteiger partial charge in [-0.05, 0) is 18.6 Å². The van der Waals surface area contributed by atoms with Crippen LogP contribution in [0, 0.1) is 5.82 Å². The number of hydrogen-bond donors (Lipinski definition) is 3. The van der Waals surface area contributed by atoms with Gasteiger partial charge in [-0.25, -0.2) is 19.8 Å². The second-order valence-electron chi connectivity index (χ2n) is 8.15. The lowest BCUT2D eigenvalue weighted by atomic mass is 10.1. The molecule has 1 fully saturated rings. The molecule has 1 aromatic carbocycles. The van der Waals surface area contributed by atoms with E-state index < -0.39 is 0 Å². The lowest BCUT2D eigenvalue weighted by Crippen LogP contribution is -2.47. The Balaban J connectivity index is 1.27. The third-order valence-electron chi connectivity index (χ3n) is 6.32. The molecule has 4 heterocycles. The van der Waals surface area contributed by atoms with E-state index in [-0.39, 0.29) is 11.7 Å². The number of carbonyl (C=O) groups excluding carboxylic acids is 1. The van der Waals surface area contributed by atoms with Crippen molar-refractivity contribution in [1.82, 2.24) is 30.6 Å². The Labute approximate surface area is 185 Å². The van der Waals surface area contributed by atoms with E-state index in [4.69, 9.17) is 0 Å². The van der Waals surface area contributed by atoms with E-state index >= 15 is 4.39 Å². The van der Waals surface area contributed by atoms with Gasteiger partial charge >= 0.3 is 0 Å². The van der Waals surface area contributed by atoms with Crippen LogP contribution in [0.15, 0.2) is 41.6 Å². The predicted molar refractivity (Wildman–Crippen MR) is 121 cm³/mol. The average molecular weight is 439 g/mol. The molecule has 10 heteroatoms. The smallest absolute Gasteiger partial charge is 0.254 e. The van der Waals surface area contributed by atoms with Gasteiger partial charge in [0.25, 0.3) is 5.91 Å². The summed E-state index contributed by atoms with van der Waals surface area (Å²) in [4.78, 5) is 25.0. The van der Waals surface area contributed by atoms with Crippen molar-refractivity contribution in [2.24, 2.45) is 0 Å². The van der Waals surface area contributed by atoms with E-state index in [2.05, 4.69) is 35.8 Å². The van der Waals surface area contributed by atoms with Gasteiger partial charge in [0.05, 0.1) is 5.69 Å². The highest BCUT2D eigenvalue weighted by Crippen LogP contribution is 2.30. The van der Waals surface area contributed by atoms with Crippen LogP contribution in [0.5, 0.6) is 0 Å². The summed E-state index contributed by atoms with van der Waals surface area (Å²) in [5.74, 6) is 1.13. The number of nitrogens with zero attached hydrogens (tertiary/aromatic N) is 5. The number of aromatic nitrogens is 2. The molecule has 1 amide bonds. The summed E-state index contributed by atoms with van der Waals surface area (Å²) in [6, 6.07) is 3.69. The average Bonchev–Trinajstić information content (AvgIpc) is 3.20. The molecule has 0 spiro atoms. The van der Waals surface area contributed by atoms with Gasteiger partial charge in [-0.2, -0.15) is 0 Å². The fourth-order valence-electron chi connectivity index (χ4n) is 4.50. The number of hydrazine groups is 1. The molecule has 3 N–H and O–H groups in total. The van der Waals surface area contributed by atoms with Crippen molar-refractivity contribution in [2.45, 2.75) is 13.3 Å². The fourth-order valence-corrected chi connectivity index (χ4v) is 4.50. The van der Waals surface area contributed by atoms with Gasteiger partial charge in [-0.1, -0.05) is 6.92 Å². The van der Waals surface area contributed by atoms with Crippen LogP contribution in [0.3, 0.4) is 0 Å². The summed E-state index contributed by atoms with van der Waals surface area (Å²) in [6.45, 7) is 6.50. The highest BCUT2D eigenvalue weighted by Gasteiger charge is 2.30. The maximum absolute atomic E-state index is 15.2. The van der Waals surface area contributed by atoms with Gasteiger partial charge in [-0.15, -0.1) is 0 Å². The minimum absolute atomic E-state index is 0.0261. The molecular weight excluding hydrogens is 411 g/mol. The van der Waals surface area contributed by atoms with Gasteiger partial charge in [-0.3, -0.25) is 14.7 Å². The number of hydrogen-bond acceptors (Lipinski definition) is 8. The molecule has 0 unspecified atom stereocenters. The third kappa shape index (κ3) is 3.55. The summed E-state index contributed by atoms with van der Waals surface area (Å²) in [6.07, 6.45) is 3.96. The second kappa shape index (κ2) is 8.36. The third-order valence-corrected chi connectivity index (χ3v) is 6.32. The van der Waals surface area contributed by atoms with Crippen LogP contribution in [-0.4, -0.2) is 72.1 Å². The number of nitrogens with one attached hydrogen (secondary N) is 3. The summed E-state index contributed by atoms with van der Waals surface area (Å²) in [5, 5.41) is 8.59. The van der Waals surface area contributed by atoms with E-state index in [0.717, 1.165) is 49.7 Å². The van der Waals surface area contributed by atoms with Crippen LogP contribution in [0.4, 0.5) is 15.9 Å². The molecule has 0 atom stereocenters. The first kappa shape index (κ1) is 20.7. The zero-order valence-electron chi connectivity index (χ0n) is 18.3. The quantitative estimate of drug-likeness (QED) is 0.646. The van der Waals surface area contributed by atoms with E-state index in [0.29, 0.717) is 35.4 Å². The molecule has 3 aliphatic heterocycles. The van der Waals surface area contributed by atoms with E-state index in [1.54, 1.807) is 7.05 Å². The molecule has 32 heavy (non-hydrogen) atoms. The van der Waals surface area contributed by atoms with Crippen molar-refractivity contribution < 1.29 is 9.18 Å². The predicted octanol–water partition coefficient (Wildman–Crippen LogP) is 1.39. The van der Waals surface area contributed by atoms with Gasteiger partial charge < -0.3 is 15.5 Å². The maximum atomic E-state index is 15.2. The van der Waals surface area contributed by atoms with Crippen LogP contribution in [0.2, 0.25) is 0 Å². The molecule has 0 aliphatic carbocycles. The SMILES string of the molecule is CCC1=CN2NCC(CN3CCN(c4ccc5c(NC)ncnc5c4F)CC3)=C2NC1=O.